The molecule has 2 rings (SSSR count). The zero-order valence-electron chi connectivity index (χ0n) is 18.7. The minimum atomic E-state index is -0.434. The summed E-state index contributed by atoms with van der Waals surface area (Å²) in [6.45, 7) is 6.99. The van der Waals surface area contributed by atoms with Crippen molar-refractivity contribution in [3.63, 3.8) is 0 Å². The molecule has 0 atom stereocenters. The summed E-state index contributed by atoms with van der Waals surface area (Å²) in [6.07, 6.45) is 3.64. The van der Waals surface area contributed by atoms with Gasteiger partial charge in [0, 0.05) is 33.4 Å². The van der Waals surface area contributed by atoms with E-state index < -0.39 is 11.6 Å². The second-order valence-corrected chi connectivity index (χ2v) is 7.55. The van der Waals surface area contributed by atoms with Gasteiger partial charge in [-0.15, -0.1) is 0 Å². The Kier molecular flexibility index (Phi) is 7.71. The Morgan fingerprint density at radius 3 is 1.20 bits per heavy atom. The molecule has 6 heteroatoms. The van der Waals surface area contributed by atoms with Crippen LogP contribution in [-0.2, 0) is 28.7 Å². The van der Waals surface area contributed by atoms with Crippen molar-refractivity contribution in [1.82, 2.24) is 0 Å². The minimum absolute atomic E-state index is 0.00462. The lowest BCUT2D eigenvalue weighted by Crippen LogP contribution is -2.31. The van der Waals surface area contributed by atoms with Gasteiger partial charge in [0.05, 0.1) is 14.2 Å². The van der Waals surface area contributed by atoms with Crippen LogP contribution in [0.5, 0.6) is 0 Å². The first-order valence-electron chi connectivity index (χ1n) is 10.4. The van der Waals surface area contributed by atoms with E-state index in [1.165, 1.54) is 28.1 Å². The molecule has 0 spiro atoms. The van der Waals surface area contributed by atoms with E-state index in [1.807, 2.05) is 13.8 Å². The molecule has 0 saturated heterocycles. The number of carbonyl (C=O) groups is 4. The number of hydrogen-bond donors (Lipinski definition) is 0. The minimum Gasteiger partial charge on any atom is -0.492 e. The quantitative estimate of drug-likeness (QED) is 0.528. The molecule has 0 bridgehead atoms. The normalized spacial score (nSPS) is 18.2. The Hall–Kier alpha value is -2.76. The molecule has 0 amide bonds. The first kappa shape index (κ1) is 23.5. The molecule has 0 fully saturated rings. The number of ketones is 4. The van der Waals surface area contributed by atoms with Gasteiger partial charge in [-0.3, -0.25) is 19.2 Å². The van der Waals surface area contributed by atoms with Crippen LogP contribution in [0.3, 0.4) is 0 Å². The highest BCUT2D eigenvalue weighted by Crippen LogP contribution is 2.39. The van der Waals surface area contributed by atoms with Crippen LogP contribution in [0.25, 0.3) is 0 Å². The van der Waals surface area contributed by atoms with Crippen LogP contribution in [0, 0.1) is 0 Å². The average Bonchev–Trinajstić information content (AvgIpc) is 2.73. The van der Waals surface area contributed by atoms with E-state index in [9.17, 15) is 19.2 Å². The SMILES string of the molecule is CCCCC1=C(C2=C(CCCC)C(=O)C(OC)=C(C)C2=O)C(=O)C(C)=C(OC)C1=O. The number of unbranched alkanes of at least 4 members (excludes halogenated alkanes) is 2. The molecule has 0 aromatic heterocycles. The van der Waals surface area contributed by atoms with Crippen molar-refractivity contribution in [3.8, 4) is 0 Å². The van der Waals surface area contributed by atoms with E-state index in [0.717, 1.165) is 12.8 Å². The molecular weight excluding hydrogens is 384 g/mol. The molecule has 0 aromatic rings. The lowest BCUT2D eigenvalue weighted by atomic mass is 9.75. The Morgan fingerprint density at radius 2 is 0.933 bits per heavy atom. The van der Waals surface area contributed by atoms with Gasteiger partial charge in [0.1, 0.15) is 0 Å². The molecule has 162 valence electrons. The lowest BCUT2D eigenvalue weighted by molar-refractivity contribution is -0.120. The van der Waals surface area contributed by atoms with Gasteiger partial charge in [-0.1, -0.05) is 26.7 Å². The molecule has 0 heterocycles. The Bertz CT molecular complexity index is 847. The topological polar surface area (TPSA) is 86.7 Å². The van der Waals surface area contributed by atoms with Crippen molar-refractivity contribution in [2.24, 2.45) is 0 Å². The summed E-state index contributed by atoms with van der Waals surface area (Å²) in [4.78, 5) is 53.0. The molecule has 0 N–H and O–H groups in total. The molecule has 30 heavy (non-hydrogen) atoms. The lowest BCUT2D eigenvalue weighted by Gasteiger charge is -2.27. The summed E-state index contributed by atoms with van der Waals surface area (Å²) >= 11 is 0. The summed E-state index contributed by atoms with van der Waals surface area (Å²) in [6, 6.07) is 0. The third kappa shape index (κ3) is 3.95. The van der Waals surface area contributed by atoms with E-state index in [-0.39, 0.29) is 56.5 Å². The van der Waals surface area contributed by atoms with E-state index in [1.54, 1.807) is 0 Å². The zero-order valence-corrected chi connectivity index (χ0v) is 18.7. The van der Waals surface area contributed by atoms with Crippen LogP contribution in [0.1, 0.15) is 66.2 Å². The molecule has 0 aromatic carbocycles. The summed E-state index contributed by atoms with van der Waals surface area (Å²) in [5.74, 6) is -1.64. The molecule has 0 unspecified atom stereocenters. The van der Waals surface area contributed by atoms with Crippen LogP contribution in [-0.4, -0.2) is 37.4 Å². The number of ether oxygens (including phenoxy) is 2. The van der Waals surface area contributed by atoms with Gasteiger partial charge in [0.25, 0.3) is 0 Å². The van der Waals surface area contributed by atoms with E-state index in [0.29, 0.717) is 25.7 Å². The maximum atomic E-state index is 13.3. The first-order chi connectivity index (χ1) is 14.3. The number of rotatable bonds is 9. The van der Waals surface area contributed by atoms with Crippen LogP contribution < -0.4 is 0 Å². The van der Waals surface area contributed by atoms with Crippen molar-refractivity contribution in [3.05, 3.63) is 45.0 Å². The second-order valence-electron chi connectivity index (χ2n) is 7.55. The maximum absolute atomic E-state index is 13.3. The van der Waals surface area contributed by atoms with Crippen molar-refractivity contribution in [1.29, 1.82) is 0 Å². The molecule has 6 nitrogen and oxygen atoms in total. The summed E-state index contributed by atoms with van der Waals surface area (Å²) in [7, 11) is 2.71. The largest absolute Gasteiger partial charge is 0.492 e. The van der Waals surface area contributed by atoms with Gasteiger partial charge in [-0.05, 0) is 39.5 Å². The number of carbonyl (C=O) groups excluding carboxylic acids is 4. The van der Waals surface area contributed by atoms with Crippen molar-refractivity contribution >= 4 is 23.1 Å². The Labute approximate surface area is 177 Å². The molecule has 0 radical (unpaired) electrons. The average molecular weight is 414 g/mol. The van der Waals surface area contributed by atoms with Gasteiger partial charge in [-0.25, -0.2) is 0 Å². The van der Waals surface area contributed by atoms with E-state index in [2.05, 4.69) is 0 Å². The van der Waals surface area contributed by atoms with E-state index >= 15 is 0 Å². The fourth-order valence-electron chi connectivity index (χ4n) is 3.90. The zero-order chi connectivity index (χ0) is 22.6. The first-order valence-corrected chi connectivity index (χ1v) is 10.4. The highest BCUT2D eigenvalue weighted by molar-refractivity contribution is 6.34. The van der Waals surface area contributed by atoms with Gasteiger partial charge < -0.3 is 9.47 Å². The number of methoxy groups -OCH3 is 2. The fourth-order valence-corrected chi connectivity index (χ4v) is 3.90. The van der Waals surface area contributed by atoms with Crippen LogP contribution in [0.15, 0.2) is 45.0 Å². The number of allylic oxidation sites excluding steroid dienone is 6. The van der Waals surface area contributed by atoms with Crippen LogP contribution >= 0.6 is 0 Å². The Balaban J connectivity index is 2.83. The van der Waals surface area contributed by atoms with E-state index in [4.69, 9.17) is 9.47 Å². The summed E-state index contributed by atoms with van der Waals surface area (Å²) < 4.78 is 10.4. The fraction of sp³-hybridized carbons (Fsp3) is 0.500. The predicted molar refractivity (Wildman–Crippen MR) is 113 cm³/mol. The molecule has 2 aliphatic rings. The van der Waals surface area contributed by atoms with Crippen molar-refractivity contribution in [2.75, 3.05) is 14.2 Å². The van der Waals surface area contributed by atoms with Gasteiger partial charge in [-0.2, -0.15) is 0 Å². The van der Waals surface area contributed by atoms with Crippen molar-refractivity contribution in [2.45, 2.75) is 66.2 Å². The third-order valence-corrected chi connectivity index (χ3v) is 5.60. The summed E-state index contributed by atoms with van der Waals surface area (Å²) in [5, 5.41) is 0. The molecule has 0 saturated carbocycles. The third-order valence-electron chi connectivity index (χ3n) is 5.60. The summed E-state index contributed by atoms with van der Waals surface area (Å²) in [5.41, 5.74) is 0.932. The van der Waals surface area contributed by atoms with Gasteiger partial charge in [0.15, 0.2) is 23.1 Å². The smallest absolute Gasteiger partial charge is 0.224 e. The molecular formula is C24H30O6. The van der Waals surface area contributed by atoms with Gasteiger partial charge >= 0.3 is 0 Å². The highest BCUT2D eigenvalue weighted by Gasteiger charge is 2.42. The maximum Gasteiger partial charge on any atom is 0.224 e. The second kappa shape index (κ2) is 9.83. The van der Waals surface area contributed by atoms with Gasteiger partial charge in [0.2, 0.25) is 11.6 Å². The van der Waals surface area contributed by atoms with Crippen LogP contribution in [0.2, 0.25) is 0 Å². The molecule has 0 aliphatic heterocycles. The highest BCUT2D eigenvalue weighted by atomic mass is 16.5. The van der Waals surface area contributed by atoms with Crippen LogP contribution in [0.4, 0.5) is 0 Å². The number of hydrogen-bond acceptors (Lipinski definition) is 6. The monoisotopic (exact) mass is 414 g/mol. The molecule has 2 aliphatic carbocycles. The number of Topliss-reactive ketones (excluding diaryl/α,β-unsaturated/α-hetero) is 4. The standard InChI is InChI=1S/C24H30O6/c1-7-9-11-15-17(19(25)13(3)23(29-5)21(15)27)18-16(12-10-8-2)22(28)24(30-6)14(4)20(18)26/h7-12H2,1-6H3. The van der Waals surface area contributed by atoms with Crippen molar-refractivity contribution < 1.29 is 28.7 Å². The predicted octanol–water partition coefficient (Wildman–Crippen LogP) is 4.10. The Morgan fingerprint density at radius 1 is 0.600 bits per heavy atom.